The Morgan fingerprint density at radius 1 is 0.875 bits per heavy atom. The maximum absolute atomic E-state index is 14.3. The van der Waals surface area contributed by atoms with Crippen molar-refractivity contribution in [1.82, 2.24) is 15.2 Å². The normalized spacial score (nSPS) is 10.9. The number of nitrogens with zero attached hydrogens (tertiary/aromatic N) is 3. The molecule has 0 aliphatic heterocycles. The summed E-state index contributed by atoms with van der Waals surface area (Å²) in [6, 6.07) is 4.35. The zero-order chi connectivity index (χ0) is 17.4. The molecule has 3 rings (SSSR count). The molecule has 0 N–H and O–H groups in total. The fraction of sp³-hybridized carbons (Fsp3) is 0.0625. The van der Waals surface area contributed by atoms with Crippen LogP contribution in [0.25, 0.3) is 22.3 Å². The van der Waals surface area contributed by atoms with Gasteiger partial charge in [-0.25, -0.2) is 18.2 Å². The minimum atomic E-state index is -1.11. The molecule has 0 bridgehead atoms. The lowest BCUT2D eigenvalue weighted by molar-refractivity contribution is 0.548. The Morgan fingerprint density at radius 3 is 2.17 bits per heavy atom. The zero-order valence-electron chi connectivity index (χ0n) is 12.1. The van der Waals surface area contributed by atoms with Crippen LogP contribution in [0.4, 0.5) is 13.2 Å². The molecule has 2 aromatic heterocycles. The first-order valence-corrected chi connectivity index (χ1v) is 7.44. The molecule has 0 aliphatic rings. The molecule has 0 amide bonds. The second-order valence-electron chi connectivity index (χ2n) is 4.91. The molecule has 0 atom stereocenters. The summed E-state index contributed by atoms with van der Waals surface area (Å²) in [7, 11) is 0. The van der Waals surface area contributed by atoms with Crippen LogP contribution in [-0.4, -0.2) is 15.2 Å². The number of rotatable bonds is 2. The van der Waals surface area contributed by atoms with Crippen molar-refractivity contribution in [2.24, 2.45) is 0 Å². The number of aromatic nitrogens is 3. The molecule has 0 fully saturated rings. The number of hydrogen-bond acceptors (Lipinski definition) is 3. The first-order chi connectivity index (χ1) is 11.4. The van der Waals surface area contributed by atoms with Crippen LogP contribution in [0, 0.1) is 24.4 Å². The Balaban J connectivity index is 2.43. The van der Waals surface area contributed by atoms with Gasteiger partial charge in [-0.1, -0.05) is 23.2 Å². The van der Waals surface area contributed by atoms with Crippen LogP contribution >= 0.6 is 23.2 Å². The van der Waals surface area contributed by atoms with Crippen LogP contribution in [0.15, 0.2) is 30.5 Å². The second kappa shape index (κ2) is 6.37. The highest BCUT2D eigenvalue weighted by Crippen LogP contribution is 2.41. The zero-order valence-corrected chi connectivity index (χ0v) is 13.6. The van der Waals surface area contributed by atoms with Gasteiger partial charge in [0.1, 0.15) is 22.6 Å². The first kappa shape index (κ1) is 16.7. The van der Waals surface area contributed by atoms with Gasteiger partial charge in [0.2, 0.25) is 0 Å². The molecular formula is C16H8Cl2F3N3. The summed E-state index contributed by atoms with van der Waals surface area (Å²) < 4.78 is 41.8. The number of pyridine rings is 1. The van der Waals surface area contributed by atoms with Crippen LogP contribution < -0.4 is 0 Å². The first-order valence-electron chi connectivity index (χ1n) is 6.68. The lowest BCUT2D eigenvalue weighted by Crippen LogP contribution is -2.02. The van der Waals surface area contributed by atoms with Gasteiger partial charge in [0, 0.05) is 35.0 Å². The quantitative estimate of drug-likeness (QED) is 0.580. The molecule has 3 aromatic rings. The molecule has 3 nitrogen and oxygen atoms in total. The third-order valence-electron chi connectivity index (χ3n) is 3.39. The van der Waals surface area contributed by atoms with E-state index in [0.29, 0.717) is 23.4 Å². The highest BCUT2D eigenvalue weighted by Gasteiger charge is 2.24. The fourth-order valence-corrected chi connectivity index (χ4v) is 2.85. The van der Waals surface area contributed by atoms with Crippen LogP contribution in [0.1, 0.15) is 5.69 Å². The second-order valence-corrected chi connectivity index (χ2v) is 5.63. The topological polar surface area (TPSA) is 38.7 Å². The third-order valence-corrected chi connectivity index (χ3v) is 3.96. The van der Waals surface area contributed by atoms with Crippen LogP contribution in [0.3, 0.4) is 0 Å². The van der Waals surface area contributed by atoms with Gasteiger partial charge in [0.25, 0.3) is 0 Å². The summed E-state index contributed by atoms with van der Waals surface area (Å²) in [5.41, 5.74) is 0.430. The average Bonchev–Trinajstić information content (AvgIpc) is 2.51. The van der Waals surface area contributed by atoms with E-state index in [1.807, 2.05) is 0 Å². The molecular weight excluding hydrogens is 362 g/mol. The van der Waals surface area contributed by atoms with Gasteiger partial charge in [-0.15, -0.1) is 5.10 Å². The van der Waals surface area contributed by atoms with Gasteiger partial charge < -0.3 is 0 Å². The number of halogens is 5. The van der Waals surface area contributed by atoms with Crippen molar-refractivity contribution in [2.75, 3.05) is 0 Å². The van der Waals surface area contributed by atoms with Crippen molar-refractivity contribution < 1.29 is 13.2 Å². The average molecular weight is 370 g/mol. The predicted molar refractivity (Wildman–Crippen MR) is 85.3 cm³/mol. The monoisotopic (exact) mass is 369 g/mol. The molecule has 0 radical (unpaired) electrons. The minimum Gasteiger partial charge on any atom is -0.244 e. The maximum Gasteiger partial charge on any atom is 0.160 e. The van der Waals surface area contributed by atoms with Gasteiger partial charge in [0.05, 0.1) is 11.3 Å². The molecule has 0 unspecified atom stereocenters. The van der Waals surface area contributed by atoms with E-state index in [0.717, 1.165) is 0 Å². The molecule has 122 valence electrons. The maximum atomic E-state index is 14.3. The van der Waals surface area contributed by atoms with E-state index >= 15 is 0 Å². The van der Waals surface area contributed by atoms with Crippen molar-refractivity contribution in [2.45, 2.75) is 6.92 Å². The largest absolute Gasteiger partial charge is 0.244 e. The molecule has 2 heterocycles. The SMILES string of the molecule is Cc1nnc(Cl)c(-c2c(F)cc(F)cc2F)c1-c1cccnc1Cl. The van der Waals surface area contributed by atoms with Gasteiger partial charge >= 0.3 is 0 Å². The summed E-state index contributed by atoms with van der Waals surface area (Å²) in [5, 5.41) is 7.44. The summed E-state index contributed by atoms with van der Waals surface area (Å²) >= 11 is 12.2. The van der Waals surface area contributed by atoms with Crippen LogP contribution in [-0.2, 0) is 0 Å². The molecule has 0 aliphatic carbocycles. The molecule has 0 saturated carbocycles. The van der Waals surface area contributed by atoms with E-state index in [2.05, 4.69) is 15.2 Å². The van der Waals surface area contributed by atoms with Crippen molar-refractivity contribution in [3.05, 3.63) is 63.9 Å². The van der Waals surface area contributed by atoms with E-state index < -0.39 is 23.0 Å². The summed E-state index contributed by atoms with van der Waals surface area (Å²) in [6.07, 6.45) is 1.47. The van der Waals surface area contributed by atoms with Gasteiger partial charge in [0.15, 0.2) is 5.15 Å². The van der Waals surface area contributed by atoms with E-state index in [1.54, 1.807) is 19.1 Å². The Hall–Kier alpha value is -2.18. The van der Waals surface area contributed by atoms with Gasteiger partial charge in [-0.3, -0.25) is 0 Å². The highest BCUT2D eigenvalue weighted by molar-refractivity contribution is 6.34. The third kappa shape index (κ3) is 2.83. The molecule has 0 saturated heterocycles. The van der Waals surface area contributed by atoms with E-state index in [4.69, 9.17) is 23.2 Å². The summed E-state index contributed by atoms with van der Waals surface area (Å²) in [5.74, 6) is -3.25. The molecule has 24 heavy (non-hydrogen) atoms. The van der Waals surface area contributed by atoms with Crippen molar-refractivity contribution in [3.63, 3.8) is 0 Å². The van der Waals surface area contributed by atoms with Gasteiger partial charge in [-0.05, 0) is 19.1 Å². The standard InChI is InChI=1S/C16H8Cl2F3N3/c1-7-12(9-3-2-4-22-15(9)17)14(16(18)24-23-7)13-10(20)5-8(19)6-11(13)21/h2-6H,1H3. The number of benzene rings is 1. The number of hydrogen-bond donors (Lipinski definition) is 0. The van der Waals surface area contributed by atoms with E-state index in [9.17, 15) is 13.2 Å². The Morgan fingerprint density at radius 2 is 1.54 bits per heavy atom. The Kier molecular flexibility index (Phi) is 4.43. The molecule has 8 heteroatoms. The molecule has 0 spiro atoms. The van der Waals surface area contributed by atoms with E-state index in [1.165, 1.54) is 6.20 Å². The number of aryl methyl sites for hydroxylation is 1. The summed E-state index contributed by atoms with van der Waals surface area (Å²) in [6.45, 7) is 1.59. The Labute approximate surface area is 145 Å². The Bertz CT molecular complexity index is 925. The van der Waals surface area contributed by atoms with Crippen LogP contribution in [0.5, 0.6) is 0 Å². The smallest absolute Gasteiger partial charge is 0.160 e. The minimum absolute atomic E-state index is 0.0610. The lowest BCUT2D eigenvalue weighted by atomic mass is 9.95. The molecule has 1 aromatic carbocycles. The van der Waals surface area contributed by atoms with Crippen molar-refractivity contribution >= 4 is 23.2 Å². The van der Waals surface area contributed by atoms with Crippen molar-refractivity contribution in [3.8, 4) is 22.3 Å². The van der Waals surface area contributed by atoms with E-state index in [-0.39, 0.29) is 21.4 Å². The van der Waals surface area contributed by atoms with Crippen molar-refractivity contribution in [1.29, 1.82) is 0 Å². The van der Waals surface area contributed by atoms with Crippen LogP contribution in [0.2, 0.25) is 10.3 Å². The highest BCUT2D eigenvalue weighted by atomic mass is 35.5. The fourth-order valence-electron chi connectivity index (χ4n) is 2.41. The van der Waals surface area contributed by atoms with Gasteiger partial charge in [-0.2, -0.15) is 5.10 Å². The lowest BCUT2D eigenvalue weighted by Gasteiger charge is -2.15. The predicted octanol–water partition coefficient (Wildman–Crippen LogP) is 5.24. The summed E-state index contributed by atoms with van der Waals surface area (Å²) in [4.78, 5) is 3.95.